The second-order valence-corrected chi connectivity index (χ2v) is 5.08. The summed E-state index contributed by atoms with van der Waals surface area (Å²) < 4.78 is 1.86. The molecule has 1 rings (SSSR count). The predicted molar refractivity (Wildman–Crippen MR) is 56.9 cm³/mol. The van der Waals surface area contributed by atoms with Crippen molar-refractivity contribution in [2.24, 2.45) is 12.5 Å². The monoisotopic (exact) mass is 196 g/mol. The van der Waals surface area contributed by atoms with E-state index >= 15 is 0 Å². The molecule has 1 N–H and O–H groups in total. The zero-order valence-corrected chi connectivity index (χ0v) is 9.49. The van der Waals surface area contributed by atoms with Gasteiger partial charge in [-0.2, -0.15) is 0 Å². The van der Waals surface area contributed by atoms with E-state index < -0.39 is 6.10 Å². The van der Waals surface area contributed by atoms with Crippen LogP contribution in [0.3, 0.4) is 0 Å². The zero-order valence-electron chi connectivity index (χ0n) is 9.49. The molecule has 3 nitrogen and oxygen atoms in total. The average molecular weight is 196 g/mol. The van der Waals surface area contributed by atoms with Crippen molar-refractivity contribution in [2.45, 2.75) is 39.7 Å². The molecule has 0 saturated heterocycles. The van der Waals surface area contributed by atoms with E-state index in [1.807, 2.05) is 17.8 Å². The third kappa shape index (κ3) is 3.50. The molecule has 0 aliphatic rings. The van der Waals surface area contributed by atoms with Crippen LogP contribution in [0.15, 0.2) is 12.5 Å². The Hall–Kier alpha value is -0.830. The first-order valence-electron chi connectivity index (χ1n) is 5.04. The van der Waals surface area contributed by atoms with Gasteiger partial charge in [-0.3, -0.25) is 0 Å². The number of aliphatic hydroxyl groups excluding tert-OH is 1. The van der Waals surface area contributed by atoms with Gasteiger partial charge in [-0.1, -0.05) is 20.8 Å². The molecule has 1 unspecified atom stereocenters. The van der Waals surface area contributed by atoms with Crippen LogP contribution in [0.5, 0.6) is 0 Å². The van der Waals surface area contributed by atoms with Crippen molar-refractivity contribution in [1.82, 2.24) is 9.55 Å². The molecular weight excluding hydrogens is 176 g/mol. The van der Waals surface area contributed by atoms with Crippen LogP contribution in [0, 0.1) is 5.41 Å². The second kappa shape index (κ2) is 4.13. The highest BCUT2D eigenvalue weighted by Gasteiger charge is 2.15. The van der Waals surface area contributed by atoms with E-state index in [4.69, 9.17) is 0 Å². The number of aryl methyl sites for hydroxylation is 1. The van der Waals surface area contributed by atoms with Gasteiger partial charge in [-0.15, -0.1) is 0 Å². The molecule has 1 atom stereocenters. The zero-order chi connectivity index (χ0) is 10.8. The van der Waals surface area contributed by atoms with Crippen LogP contribution in [0.2, 0.25) is 0 Å². The van der Waals surface area contributed by atoms with Crippen molar-refractivity contribution in [3.8, 4) is 0 Å². The Bertz CT molecular complexity index is 286. The summed E-state index contributed by atoms with van der Waals surface area (Å²) in [7, 11) is 1.91. The Kier molecular flexibility index (Phi) is 3.32. The highest BCUT2D eigenvalue weighted by Crippen LogP contribution is 2.26. The summed E-state index contributed by atoms with van der Waals surface area (Å²) in [5.74, 6) is 0. The van der Waals surface area contributed by atoms with Gasteiger partial charge < -0.3 is 9.67 Å². The van der Waals surface area contributed by atoms with Gasteiger partial charge in [-0.05, 0) is 18.3 Å². The van der Waals surface area contributed by atoms with Gasteiger partial charge in [0, 0.05) is 13.2 Å². The van der Waals surface area contributed by atoms with E-state index in [2.05, 4.69) is 25.8 Å². The quantitative estimate of drug-likeness (QED) is 0.805. The number of hydrogen-bond acceptors (Lipinski definition) is 2. The Morgan fingerprint density at radius 1 is 1.50 bits per heavy atom. The van der Waals surface area contributed by atoms with E-state index in [1.54, 1.807) is 6.33 Å². The van der Waals surface area contributed by atoms with Gasteiger partial charge in [0.05, 0.1) is 18.1 Å². The summed E-state index contributed by atoms with van der Waals surface area (Å²) in [6.45, 7) is 6.54. The lowest BCUT2D eigenvalue weighted by Crippen LogP contribution is -2.08. The number of imidazole rings is 1. The number of aromatic nitrogens is 2. The second-order valence-electron chi connectivity index (χ2n) is 5.08. The molecule has 0 radical (unpaired) electrons. The maximum Gasteiger partial charge on any atom is 0.0975 e. The van der Waals surface area contributed by atoms with Crippen LogP contribution in [-0.2, 0) is 7.05 Å². The molecule has 0 bridgehead atoms. The van der Waals surface area contributed by atoms with Crippen LogP contribution >= 0.6 is 0 Å². The third-order valence-corrected chi connectivity index (χ3v) is 2.23. The number of aliphatic hydroxyl groups is 1. The van der Waals surface area contributed by atoms with Crippen molar-refractivity contribution < 1.29 is 5.11 Å². The number of hydrogen-bond donors (Lipinski definition) is 1. The lowest BCUT2D eigenvalue weighted by Gasteiger charge is -2.19. The highest BCUT2D eigenvalue weighted by molar-refractivity contribution is 5.00. The fourth-order valence-corrected chi connectivity index (χ4v) is 1.32. The lowest BCUT2D eigenvalue weighted by molar-refractivity contribution is 0.144. The van der Waals surface area contributed by atoms with E-state index in [0.29, 0.717) is 0 Å². The van der Waals surface area contributed by atoms with Gasteiger partial charge in [0.25, 0.3) is 0 Å². The first-order valence-corrected chi connectivity index (χ1v) is 5.04. The third-order valence-electron chi connectivity index (χ3n) is 2.23. The van der Waals surface area contributed by atoms with Crippen LogP contribution in [0.1, 0.15) is 45.4 Å². The highest BCUT2D eigenvalue weighted by atomic mass is 16.3. The fourth-order valence-electron chi connectivity index (χ4n) is 1.32. The smallest absolute Gasteiger partial charge is 0.0975 e. The predicted octanol–water partition coefficient (Wildman–Crippen LogP) is 2.28. The Labute approximate surface area is 85.8 Å². The van der Waals surface area contributed by atoms with Crippen molar-refractivity contribution in [2.75, 3.05) is 0 Å². The molecule has 1 aromatic heterocycles. The molecule has 0 fully saturated rings. The molecule has 1 heterocycles. The van der Waals surface area contributed by atoms with E-state index in [-0.39, 0.29) is 5.41 Å². The van der Waals surface area contributed by atoms with Gasteiger partial charge >= 0.3 is 0 Å². The minimum Gasteiger partial charge on any atom is -0.387 e. The summed E-state index contributed by atoms with van der Waals surface area (Å²) in [6.07, 6.45) is 4.95. The van der Waals surface area contributed by atoms with Gasteiger partial charge in [0.2, 0.25) is 0 Å². The Balaban J connectivity index is 2.47. The molecule has 14 heavy (non-hydrogen) atoms. The van der Waals surface area contributed by atoms with E-state index in [9.17, 15) is 5.11 Å². The van der Waals surface area contributed by atoms with Gasteiger partial charge in [0.1, 0.15) is 0 Å². The van der Waals surface area contributed by atoms with Crippen molar-refractivity contribution in [3.63, 3.8) is 0 Å². The molecule has 0 spiro atoms. The molecule has 0 saturated carbocycles. The fraction of sp³-hybridized carbons (Fsp3) is 0.727. The normalized spacial score (nSPS) is 14.4. The minimum atomic E-state index is -0.421. The standard InChI is InChI=1S/C11H20N2O/c1-11(2,3)6-5-10(14)9-7-13(4)8-12-9/h7-8,10,14H,5-6H2,1-4H3. The lowest BCUT2D eigenvalue weighted by atomic mass is 9.89. The van der Waals surface area contributed by atoms with Crippen molar-refractivity contribution in [1.29, 1.82) is 0 Å². The molecule has 0 amide bonds. The molecule has 3 heteroatoms. The maximum atomic E-state index is 9.82. The van der Waals surface area contributed by atoms with Gasteiger partial charge in [0.15, 0.2) is 0 Å². The molecule has 80 valence electrons. The van der Waals surface area contributed by atoms with E-state index in [0.717, 1.165) is 18.5 Å². The summed E-state index contributed by atoms with van der Waals surface area (Å²) in [4.78, 5) is 4.13. The summed E-state index contributed by atoms with van der Waals surface area (Å²) >= 11 is 0. The first-order chi connectivity index (χ1) is 6.38. The van der Waals surface area contributed by atoms with E-state index in [1.165, 1.54) is 0 Å². The first kappa shape index (κ1) is 11.2. The van der Waals surface area contributed by atoms with Crippen LogP contribution in [0.25, 0.3) is 0 Å². The average Bonchev–Trinajstić information content (AvgIpc) is 2.46. The SMILES string of the molecule is Cn1cnc(C(O)CCC(C)(C)C)c1. The molecular formula is C11H20N2O. The molecule has 0 aliphatic carbocycles. The summed E-state index contributed by atoms with van der Waals surface area (Å²) in [5, 5.41) is 9.82. The Morgan fingerprint density at radius 3 is 2.57 bits per heavy atom. The van der Waals surface area contributed by atoms with Crippen LogP contribution in [0.4, 0.5) is 0 Å². The molecule has 0 aliphatic heterocycles. The Morgan fingerprint density at radius 2 is 2.14 bits per heavy atom. The number of nitrogens with zero attached hydrogens (tertiary/aromatic N) is 2. The van der Waals surface area contributed by atoms with Crippen LogP contribution in [-0.4, -0.2) is 14.7 Å². The molecule has 1 aromatic rings. The largest absolute Gasteiger partial charge is 0.387 e. The number of rotatable bonds is 3. The minimum absolute atomic E-state index is 0.274. The van der Waals surface area contributed by atoms with Crippen LogP contribution < -0.4 is 0 Å². The van der Waals surface area contributed by atoms with Crippen molar-refractivity contribution >= 4 is 0 Å². The maximum absolute atomic E-state index is 9.82. The molecule has 0 aromatic carbocycles. The topological polar surface area (TPSA) is 38.0 Å². The van der Waals surface area contributed by atoms with Gasteiger partial charge in [-0.25, -0.2) is 4.98 Å². The van der Waals surface area contributed by atoms with Crippen molar-refractivity contribution in [3.05, 3.63) is 18.2 Å². The summed E-state index contributed by atoms with van der Waals surface area (Å²) in [5.41, 5.74) is 1.05. The summed E-state index contributed by atoms with van der Waals surface area (Å²) in [6, 6.07) is 0.